The number of nitrogens with zero attached hydrogens (tertiary/aromatic N) is 1. The van der Waals surface area contributed by atoms with Gasteiger partial charge in [0, 0.05) is 12.0 Å². The number of halogens is 3. The van der Waals surface area contributed by atoms with E-state index >= 15 is 0 Å². The number of rotatable bonds is 9. The van der Waals surface area contributed by atoms with Gasteiger partial charge in [0.15, 0.2) is 0 Å². The number of benzene rings is 1. The van der Waals surface area contributed by atoms with Crippen LogP contribution in [0.1, 0.15) is 31.7 Å². The fraction of sp³-hybridized carbons (Fsp3) is 0.600. The van der Waals surface area contributed by atoms with Gasteiger partial charge in [0.2, 0.25) is 0 Å². The minimum absolute atomic E-state index is 0.0325. The Balaban J connectivity index is 2.35. The molecule has 0 aliphatic rings. The monoisotopic (exact) mass is 318 g/mol. The van der Waals surface area contributed by atoms with Crippen LogP contribution in [-0.4, -0.2) is 24.9 Å². The second-order valence-corrected chi connectivity index (χ2v) is 5.65. The lowest BCUT2D eigenvalue weighted by molar-refractivity contribution is -0.136. The molecule has 0 aliphatic heterocycles. The van der Waals surface area contributed by atoms with E-state index in [0.717, 1.165) is 5.56 Å². The summed E-state index contributed by atoms with van der Waals surface area (Å²) in [5, 5.41) is 2.82. The summed E-state index contributed by atoms with van der Waals surface area (Å²) >= 11 is 0. The normalized spacial score (nSPS) is 14.4. The molecule has 0 saturated carbocycles. The van der Waals surface area contributed by atoms with E-state index < -0.39 is 18.1 Å². The molecule has 0 amide bonds. The summed E-state index contributed by atoms with van der Waals surface area (Å²) in [6, 6.07) is 7.11. The first-order valence-corrected chi connectivity index (χ1v) is 7.08. The number of ether oxygens (including phenoxy) is 1. The van der Waals surface area contributed by atoms with E-state index in [1.54, 1.807) is 19.1 Å². The quantitative estimate of drug-likeness (QED) is 0.556. The van der Waals surface area contributed by atoms with Crippen LogP contribution in [0.25, 0.3) is 0 Å². The van der Waals surface area contributed by atoms with E-state index in [4.69, 9.17) is 10.5 Å². The van der Waals surface area contributed by atoms with Crippen LogP contribution < -0.4 is 10.5 Å². The Hall–Kier alpha value is -1.63. The summed E-state index contributed by atoms with van der Waals surface area (Å²) in [5.41, 5.74) is 6.30. The third-order valence-corrected chi connectivity index (χ3v) is 3.21. The zero-order valence-corrected chi connectivity index (χ0v) is 12.5. The summed E-state index contributed by atoms with van der Waals surface area (Å²) in [7, 11) is 0. The van der Waals surface area contributed by atoms with Gasteiger partial charge >= 0.3 is 6.18 Å². The molecule has 1 atom stereocenters. The molecule has 0 fully saturated rings. The number of nitrogens with two attached hydrogens (primary N) is 1. The molecule has 0 bridgehead atoms. The first-order chi connectivity index (χ1) is 10.2. The molecule has 1 rings (SSSR count). The van der Waals surface area contributed by atoms with Crippen LogP contribution in [0, 0.1) is 4.91 Å². The van der Waals surface area contributed by atoms with Gasteiger partial charge in [-0.1, -0.05) is 17.3 Å². The van der Waals surface area contributed by atoms with Crippen molar-refractivity contribution >= 4 is 0 Å². The Kier molecular flexibility index (Phi) is 6.80. The van der Waals surface area contributed by atoms with Gasteiger partial charge in [-0.05, 0) is 43.9 Å². The minimum Gasteiger partial charge on any atom is -0.494 e. The second kappa shape index (κ2) is 8.12. The smallest absolute Gasteiger partial charge is 0.389 e. The second-order valence-electron chi connectivity index (χ2n) is 5.65. The molecule has 0 radical (unpaired) electrons. The molecular weight excluding hydrogens is 297 g/mol. The fourth-order valence-electron chi connectivity index (χ4n) is 1.87. The molecule has 22 heavy (non-hydrogen) atoms. The minimum atomic E-state index is -4.14. The highest BCUT2D eigenvalue weighted by atomic mass is 19.4. The third kappa shape index (κ3) is 7.97. The van der Waals surface area contributed by atoms with Crippen molar-refractivity contribution in [3.8, 4) is 5.75 Å². The molecule has 4 nitrogen and oxygen atoms in total. The maximum Gasteiger partial charge on any atom is 0.389 e. The van der Waals surface area contributed by atoms with Crippen molar-refractivity contribution in [2.24, 2.45) is 10.9 Å². The average molecular weight is 318 g/mol. The predicted octanol–water partition coefficient (Wildman–Crippen LogP) is 3.82. The zero-order chi connectivity index (χ0) is 16.6. The number of hydrogen-bond acceptors (Lipinski definition) is 4. The standard InChI is InChI=1S/C15H21F3N2O2/c1-14(19,11-20-21)9-7-12-3-5-13(6-4-12)22-10-2-8-15(16,17)18/h3-6H,2,7-11,19H2,1H3. The van der Waals surface area contributed by atoms with Crippen molar-refractivity contribution in [2.75, 3.05) is 13.2 Å². The lowest BCUT2D eigenvalue weighted by atomic mass is 9.94. The maximum absolute atomic E-state index is 12.0. The van der Waals surface area contributed by atoms with Crippen LogP contribution in [0.15, 0.2) is 29.4 Å². The molecule has 1 aromatic carbocycles. The Bertz CT molecular complexity index is 459. The molecule has 0 aromatic heterocycles. The topological polar surface area (TPSA) is 64.7 Å². The molecule has 0 spiro atoms. The molecule has 1 unspecified atom stereocenters. The Labute approximate surface area is 127 Å². The van der Waals surface area contributed by atoms with Crippen LogP contribution in [-0.2, 0) is 6.42 Å². The maximum atomic E-state index is 12.0. The van der Waals surface area contributed by atoms with Gasteiger partial charge in [-0.2, -0.15) is 18.1 Å². The van der Waals surface area contributed by atoms with Crippen LogP contribution in [0.3, 0.4) is 0 Å². The fourth-order valence-corrected chi connectivity index (χ4v) is 1.87. The lowest BCUT2D eigenvalue weighted by Gasteiger charge is -2.20. The molecule has 0 aliphatic carbocycles. The SMILES string of the molecule is CC(N)(CCc1ccc(OCCCC(F)(F)F)cc1)CN=O. The third-order valence-electron chi connectivity index (χ3n) is 3.21. The molecule has 0 heterocycles. The predicted molar refractivity (Wildman–Crippen MR) is 78.8 cm³/mol. The largest absolute Gasteiger partial charge is 0.494 e. The highest BCUT2D eigenvalue weighted by Crippen LogP contribution is 2.22. The molecule has 0 saturated heterocycles. The van der Waals surface area contributed by atoms with Crippen LogP contribution in [0.5, 0.6) is 5.75 Å². The summed E-state index contributed by atoms with van der Waals surface area (Å²) in [5.74, 6) is 0.538. The van der Waals surface area contributed by atoms with E-state index in [-0.39, 0.29) is 19.6 Å². The number of nitroso groups, excluding NO2 is 1. The Morgan fingerprint density at radius 1 is 1.18 bits per heavy atom. The highest BCUT2D eigenvalue weighted by molar-refractivity contribution is 5.27. The van der Waals surface area contributed by atoms with Gasteiger partial charge in [0.05, 0.1) is 13.2 Å². The average Bonchev–Trinajstić information content (AvgIpc) is 2.42. The molecule has 124 valence electrons. The van der Waals surface area contributed by atoms with Crippen molar-refractivity contribution in [3.63, 3.8) is 0 Å². The van der Waals surface area contributed by atoms with E-state index in [0.29, 0.717) is 18.6 Å². The van der Waals surface area contributed by atoms with E-state index in [1.165, 1.54) is 0 Å². The molecule has 1 aromatic rings. The van der Waals surface area contributed by atoms with Gasteiger partial charge in [0.25, 0.3) is 0 Å². The summed E-state index contributed by atoms with van der Waals surface area (Å²) < 4.78 is 41.2. The van der Waals surface area contributed by atoms with E-state index in [9.17, 15) is 18.1 Å². The number of alkyl halides is 3. The van der Waals surface area contributed by atoms with Crippen molar-refractivity contribution < 1.29 is 17.9 Å². The van der Waals surface area contributed by atoms with Gasteiger partial charge < -0.3 is 10.5 Å². The van der Waals surface area contributed by atoms with Crippen LogP contribution in [0.4, 0.5) is 13.2 Å². The summed E-state index contributed by atoms with van der Waals surface area (Å²) in [6.07, 6.45) is -3.74. The zero-order valence-electron chi connectivity index (χ0n) is 12.5. The van der Waals surface area contributed by atoms with Crippen molar-refractivity contribution in [1.82, 2.24) is 0 Å². The lowest BCUT2D eigenvalue weighted by Crippen LogP contribution is -2.39. The molecule has 7 heteroatoms. The highest BCUT2D eigenvalue weighted by Gasteiger charge is 2.26. The van der Waals surface area contributed by atoms with Gasteiger partial charge in [-0.25, -0.2) is 0 Å². The number of aryl methyl sites for hydroxylation is 1. The van der Waals surface area contributed by atoms with Gasteiger partial charge in [-0.3, -0.25) is 0 Å². The summed E-state index contributed by atoms with van der Waals surface area (Å²) in [6.45, 7) is 1.87. The first-order valence-electron chi connectivity index (χ1n) is 7.08. The van der Waals surface area contributed by atoms with Crippen LogP contribution in [0.2, 0.25) is 0 Å². The van der Waals surface area contributed by atoms with Crippen LogP contribution >= 0.6 is 0 Å². The van der Waals surface area contributed by atoms with Gasteiger partial charge in [0.1, 0.15) is 5.75 Å². The molecule has 2 N–H and O–H groups in total. The number of hydrogen-bond donors (Lipinski definition) is 1. The van der Waals surface area contributed by atoms with E-state index in [1.807, 2.05) is 12.1 Å². The Morgan fingerprint density at radius 2 is 1.82 bits per heavy atom. The Morgan fingerprint density at radius 3 is 2.36 bits per heavy atom. The summed E-state index contributed by atoms with van der Waals surface area (Å²) in [4.78, 5) is 10.2. The van der Waals surface area contributed by atoms with Gasteiger partial charge in [-0.15, -0.1) is 0 Å². The van der Waals surface area contributed by atoms with Crippen molar-refractivity contribution in [3.05, 3.63) is 34.7 Å². The molecular formula is C15H21F3N2O2. The van der Waals surface area contributed by atoms with E-state index in [2.05, 4.69) is 5.18 Å². The van der Waals surface area contributed by atoms with Crippen molar-refractivity contribution in [1.29, 1.82) is 0 Å². The first kappa shape index (κ1) is 18.4. The van der Waals surface area contributed by atoms with Crippen molar-refractivity contribution in [2.45, 2.75) is 44.3 Å².